The smallest absolute Gasteiger partial charge is 0.130 e. The van der Waals surface area contributed by atoms with Crippen molar-refractivity contribution < 1.29 is 5.11 Å². The summed E-state index contributed by atoms with van der Waals surface area (Å²) in [5, 5.41) is 9.51. The number of hydrogen-bond acceptors (Lipinski definition) is 1. The first-order chi connectivity index (χ1) is 4.02. The molecule has 1 unspecified atom stereocenters. The van der Waals surface area contributed by atoms with Gasteiger partial charge in [-0.25, -0.2) is 0 Å². The van der Waals surface area contributed by atoms with Gasteiger partial charge in [-0.3, -0.25) is 0 Å². The fourth-order valence-corrected chi connectivity index (χ4v) is 1.13. The Morgan fingerprint density at radius 1 is 1.44 bits per heavy atom. The Morgan fingerprint density at radius 3 is 2.00 bits per heavy atom. The topological polar surface area (TPSA) is 20.2 Å². The molecule has 0 heterocycles. The van der Waals surface area contributed by atoms with E-state index in [1.807, 2.05) is 13.8 Å². The fourth-order valence-electron chi connectivity index (χ4n) is 1.13. The summed E-state index contributed by atoms with van der Waals surface area (Å²) in [5.41, 5.74) is -0.866. The SMILES string of the molecule is C#CC1(O)CCC1(C)C. The van der Waals surface area contributed by atoms with E-state index in [-0.39, 0.29) is 5.41 Å². The zero-order chi connectivity index (χ0) is 7.12. The highest BCUT2D eigenvalue weighted by Crippen LogP contribution is 2.48. The lowest BCUT2D eigenvalue weighted by molar-refractivity contribution is -0.100. The predicted octanol–water partition coefficient (Wildman–Crippen LogP) is 1.17. The minimum atomic E-state index is -0.812. The molecule has 0 aromatic rings. The monoisotopic (exact) mass is 124 g/mol. The third-order valence-corrected chi connectivity index (χ3v) is 2.47. The Balaban J connectivity index is 2.77. The summed E-state index contributed by atoms with van der Waals surface area (Å²) in [7, 11) is 0. The van der Waals surface area contributed by atoms with E-state index in [0.29, 0.717) is 0 Å². The van der Waals surface area contributed by atoms with Gasteiger partial charge in [-0.05, 0) is 12.8 Å². The molecule has 0 amide bonds. The molecule has 0 spiro atoms. The molecule has 1 nitrogen and oxygen atoms in total. The van der Waals surface area contributed by atoms with E-state index >= 15 is 0 Å². The summed E-state index contributed by atoms with van der Waals surface area (Å²) in [5.74, 6) is 2.42. The maximum atomic E-state index is 9.51. The highest BCUT2D eigenvalue weighted by Gasteiger charge is 2.50. The van der Waals surface area contributed by atoms with E-state index in [1.165, 1.54) is 0 Å². The van der Waals surface area contributed by atoms with Gasteiger partial charge in [0.1, 0.15) is 5.60 Å². The molecule has 0 aromatic heterocycles. The van der Waals surface area contributed by atoms with Crippen molar-refractivity contribution in [3.05, 3.63) is 0 Å². The minimum absolute atomic E-state index is 0.0538. The summed E-state index contributed by atoms with van der Waals surface area (Å²) in [4.78, 5) is 0. The van der Waals surface area contributed by atoms with E-state index in [2.05, 4.69) is 5.92 Å². The average molecular weight is 124 g/mol. The average Bonchev–Trinajstić information content (AvgIpc) is 1.84. The molecule has 0 radical (unpaired) electrons. The number of aliphatic hydroxyl groups is 1. The standard InChI is InChI=1S/C8H12O/c1-4-8(9)6-5-7(8,2)3/h1,9H,5-6H2,2-3H3. The van der Waals surface area contributed by atoms with Crippen LogP contribution in [0.15, 0.2) is 0 Å². The molecule has 1 N–H and O–H groups in total. The Bertz CT molecular complexity index is 164. The molecule has 1 aliphatic carbocycles. The van der Waals surface area contributed by atoms with Crippen LogP contribution < -0.4 is 0 Å². The Hall–Kier alpha value is -0.480. The molecule has 1 saturated carbocycles. The van der Waals surface area contributed by atoms with Crippen molar-refractivity contribution in [3.63, 3.8) is 0 Å². The van der Waals surface area contributed by atoms with Crippen LogP contribution >= 0.6 is 0 Å². The molecule has 1 aliphatic rings. The summed E-state index contributed by atoms with van der Waals surface area (Å²) in [6.07, 6.45) is 6.94. The fraction of sp³-hybridized carbons (Fsp3) is 0.750. The van der Waals surface area contributed by atoms with Crippen LogP contribution in [0.5, 0.6) is 0 Å². The molecule has 9 heavy (non-hydrogen) atoms. The maximum absolute atomic E-state index is 9.51. The molecule has 1 rings (SSSR count). The van der Waals surface area contributed by atoms with Gasteiger partial charge in [0.2, 0.25) is 0 Å². The maximum Gasteiger partial charge on any atom is 0.130 e. The first-order valence-corrected chi connectivity index (χ1v) is 3.22. The highest BCUT2D eigenvalue weighted by atomic mass is 16.3. The molecular weight excluding hydrogens is 112 g/mol. The molecule has 0 bridgehead atoms. The van der Waals surface area contributed by atoms with Crippen molar-refractivity contribution in [1.82, 2.24) is 0 Å². The van der Waals surface area contributed by atoms with Crippen molar-refractivity contribution in [3.8, 4) is 12.3 Å². The lowest BCUT2D eigenvalue weighted by atomic mass is 9.59. The summed E-state index contributed by atoms with van der Waals surface area (Å²) >= 11 is 0. The number of hydrogen-bond donors (Lipinski definition) is 1. The Kier molecular flexibility index (Phi) is 1.12. The largest absolute Gasteiger partial charge is 0.377 e. The van der Waals surface area contributed by atoms with Gasteiger partial charge in [-0.1, -0.05) is 19.8 Å². The summed E-state index contributed by atoms with van der Waals surface area (Å²) in [6.45, 7) is 3.99. The van der Waals surface area contributed by atoms with Crippen molar-refractivity contribution in [2.24, 2.45) is 5.41 Å². The molecule has 50 valence electrons. The van der Waals surface area contributed by atoms with Crippen LogP contribution in [-0.2, 0) is 0 Å². The van der Waals surface area contributed by atoms with Crippen molar-refractivity contribution in [2.45, 2.75) is 32.3 Å². The lowest BCUT2D eigenvalue weighted by Gasteiger charge is -2.48. The Labute approximate surface area is 56.1 Å². The second-order valence-corrected chi connectivity index (χ2v) is 3.39. The molecule has 0 saturated heterocycles. The van der Waals surface area contributed by atoms with E-state index in [4.69, 9.17) is 6.42 Å². The van der Waals surface area contributed by atoms with Crippen LogP contribution in [0.2, 0.25) is 0 Å². The van der Waals surface area contributed by atoms with Gasteiger partial charge < -0.3 is 5.11 Å². The molecule has 1 atom stereocenters. The second kappa shape index (κ2) is 1.52. The van der Waals surface area contributed by atoms with Gasteiger partial charge in [0.05, 0.1) is 0 Å². The van der Waals surface area contributed by atoms with E-state index in [1.54, 1.807) is 0 Å². The van der Waals surface area contributed by atoms with E-state index in [0.717, 1.165) is 12.8 Å². The van der Waals surface area contributed by atoms with Gasteiger partial charge in [0.15, 0.2) is 0 Å². The first-order valence-electron chi connectivity index (χ1n) is 3.22. The van der Waals surface area contributed by atoms with Crippen molar-refractivity contribution in [1.29, 1.82) is 0 Å². The van der Waals surface area contributed by atoms with Crippen LogP contribution in [0.25, 0.3) is 0 Å². The van der Waals surface area contributed by atoms with Gasteiger partial charge in [0, 0.05) is 5.41 Å². The van der Waals surface area contributed by atoms with E-state index < -0.39 is 5.60 Å². The predicted molar refractivity (Wildman–Crippen MR) is 36.8 cm³/mol. The summed E-state index contributed by atoms with van der Waals surface area (Å²) in [6, 6.07) is 0. The van der Waals surface area contributed by atoms with Crippen LogP contribution in [0.3, 0.4) is 0 Å². The quantitative estimate of drug-likeness (QED) is 0.481. The zero-order valence-corrected chi connectivity index (χ0v) is 5.94. The molecule has 1 heteroatoms. The van der Waals surface area contributed by atoms with Crippen LogP contribution in [0.4, 0.5) is 0 Å². The van der Waals surface area contributed by atoms with Crippen LogP contribution in [0.1, 0.15) is 26.7 Å². The lowest BCUT2D eigenvalue weighted by Crippen LogP contribution is -2.52. The molecule has 0 aromatic carbocycles. The second-order valence-electron chi connectivity index (χ2n) is 3.39. The third kappa shape index (κ3) is 0.668. The minimum Gasteiger partial charge on any atom is -0.377 e. The third-order valence-electron chi connectivity index (χ3n) is 2.47. The van der Waals surface area contributed by atoms with Gasteiger partial charge >= 0.3 is 0 Å². The van der Waals surface area contributed by atoms with Crippen LogP contribution in [0, 0.1) is 17.8 Å². The van der Waals surface area contributed by atoms with Gasteiger partial charge in [-0.2, -0.15) is 0 Å². The number of terminal acetylenes is 1. The molecule has 0 aliphatic heterocycles. The van der Waals surface area contributed by atoms with Crippen molar-refractivity contribution in [2.75, 3.05) is 0 Å². The first kappa shape index (κ1) is 6.64. The number of rotatable bonds is 0. The summed E-state index contributed by atoms with van der Waals surface area (Å²) < 4.78 is 0. The van der Waals surface area contributed by atoms with Gasteiger partial charge in [-0.15, -0.1) is 6.42 Å². The van der Waals surface area contributed by atoms with E-state index in [9.17, 15) is 5.11 Å². The van der Waals surface area contributed by atoms with Crippen LogP contribution in [-0.4, -0.2) is 10.7 Å². The zero-order valence-electron chi connectivity index (χ0n) is 5.94. The molecular formula is C8H12O. The normalized spacial score (nSPS) is 38.9. The van der Waals surface area contributed by atoms with Crippen molar-refractivity contribution >= 4 is 0 Å². The Morgan fingerprint density at radius 2 is 2.00 bits per heavy atom. The molecule has 1 fully saturated rings. The highest BCUT2D eigenvalue weighted by molar-refractivity contribution is 5.20. The van der Waals surface area contributed by atoms with Gasteiger partial charge in [0.25, 0.3) is 0 Å².